The van der Waals surface area contributed by atoms with Gasteiger partial charge in [-0.25, -0.2) is 4.39 Å². The summed E-state index contributed by atoms with van der Waals surface area (Å²) in [5, 5.41) is 0. The molecule has 0 aliphatic rings. The van der Waals surface area contributed by atoms with Crippen molar-refractivity contribution in [3.8, 4) is 0 Å². The fourth-order valence-electron chi connectivity index (χ4n) is 1.64. The van der Waals surface area contributed by atoms with Gasteiger partial charge in [0, 0.05) is 0 Å². The topological polar surface area (TPSA) is 20.3 Å². The number of carbonyl (C=O) groups excluding carboxylic acids is 1. The zero-order chi connectivity index (χ0) is 12.0. The Kier molecular flexibility index (Phi) is 5.12. The van der Waals surface area contributed by atoms with Crippen LogP contribution in [0.3, 0.4) is 0 Å². The predicted octanol–water partition coefficient (Wildman–Crippen LogP) is 2.74. The smallest absolute Gasteiger partial charge is 0.179 e. The molecule has 0 spiro atoms. The summed E-state index contributed by atoms with van der Waals surface area (Å²) in [6.45, 7) is 6.05. The number of likely N-dealkylation sites (N-methyl/N-ethyl adjacent to an activating group) is 1. The van der Waals surface area contributed by atoms with E-state index in [0.717, 1.165) is 19.5 Å². The summed E-state index contributed by atoms with van der Waals surface area (Å²) in [5.74, 6) is -0.576. The van der Waals surface area contributed by atoms with Crippen molar-refractivity contribution in [1.82, 2.24) is 4.90 Å². The van der Waals surface area contributed by atoms with Crippen molar-refractivity contribution in [3.63, 3.8) is 0 Å². The molecule has 2 nitrogen and oxygen atoms in total. The van der Waals surface area contributed by atoms with Crippen LogP contribution in [0.4, 0.5) is 4.39 Å². The van der Waals surface area contributed by atoms with Gasteiger partial charge in [0.25, 0.3) is 0 Å². The number of halogens is 1. The number of benzene rings is 1. The van der Waals surface area contributed by atoms with E-state index in [4.69, 9.17) is 0 Å². The Morgan fingerprint density at radius 2 is 2.00 bits per heavy atom. The molecule has 0 radical (unpaired) electrons. The molecule has 0 amide bonds. The summed E-state index contributed by atoms with van der Waals surface area (Å²) in [5.41, 5.74) is 0.192. The molecule has 16 heavy (non-hydrogen) atoms. The molecule has 0 N–H and O–H groups in total. The van der Waals surface area contributed by atoms with Crippen molar-refractivity contribution in [2.24, 2.45) is 0 Å². The summed E-state index contributed by atoms with van der Waals surface area (Å²) in [6.07, 6.45) is 0.998. The van der Waals surface area contributed by atoms with Gasteiger partial charge in [-0.05, 0) is 31.6 Å². The van der Waals surface area contributed by atoms with E-state index in [2.05, 4.69) is 6.92 Å². The Labute approximate surface area is 96.1 Å². The van der Waals surface area contributed by atoms with Crippen molar-refractivity contribution in [1.29, 1.82) is 0 Å². The number of Topliss-reactive ketones (excluding diaryl/α,β-unsaturated/α-hetero) is 1. The molecule has 1 rings (SSSR count). The van der Waals surface area contributed by atoms with Crippen LogP contribution in [0.2, 0.25) is 0 Å². The minimum absolute atomic E-state index is 0.145. The van der Waals surface area contributed by atoms with Crippen LogP contribution in [0.15, 0.2) is 24.3 Å². The van der Waals surface area contributed by atoms with Crippen molar-refractivity contribution >= 4 is 5.78 Å². The average Bonchev–Trinajstić information content (AvgIpc) is 2.28. The summed E-state index contributed by atoms with van der Waals surface area (Å²) in [4.78, 5) is 13.9. The van der Waals surface area contributed by atoms with Gasteiger partial charge in [0.1, 0.15) is 5.82 Å². The largest absolute Gasteiger partial charge is 0.296 e. The van der Waals surface area contributed by atoms with Gasteiger partial charge in [-0.2, -0.15) is 0 Å². The lowest BCUT2D eigenvalue weighted by molar-refractivity contribution is 0.0930. The van der Waals surface area contributed by atoms with Gasteiger partial charge >= 0.3 is 0 Å². The van der Waals surface area contributed by atoms with E-state index in [1.54, 1.807) is 12.1 Å². The van der Waals surface area contributed by atoms with Gasteiger partial charge in [0.15, 0.2) is 5.78 Å². The highest BCUT2D eigenvalue weighted by Gasteiger charge is 2.13. The molecule has 0 fully saturated rings. The van der Waals surface area contributed by atoms with E-state index in [0.29, 0.717) is 6.54 Å². The molecule has 0 unspecified atom stereocenters. The summed E-state index contributed by atoms with van der Waals surface area (Å²) < 4.78 is 13.3. The van der Waals surface area contributed by atoms with Crippen molar-refractivity contribution in [2.45, 2.75) is 20.3 Å². The van der Waals surface area contributed by atoms with E-state index >= 15 is 0 Å². The Morgan fingerprint density at radius 1 is 1.31 bits per heavy atom. The molecular weight excluding hydrogens is 205 g/mol. The van der Waals surface area contributed by atoms with E-state index in [1.807, 2.05) is 11.8 Å². The third-order valence-corrected chi connectivity index (χ3v) is 2.53. The Balaban J connectivity index is 2.68. The van der Waals surface area contributed by atoms with E-state index < -0.39 is 5.82 Å². The van der Waals surface area contributed by atoms with Crippen LogP contribution < -0.4 is 0 Å². The molecule has 1 aromatic carbocycles. The molecule has 0 saturated carbocycles. The number of ketones is 1. The highest BCUT2D eigenvalue weighted by molar-refractivity contribution is 5.97. The molecule has 1 aromatic rings. The van der Waals surface area contributed by atoms with Crippen LogP contribution in [0.1, 0.15) is 30.6 Å². The van der Waals surface area contributed by atoms with Crippen molar-refractivity contribution in [3.05, 3.63) is 35.6 Å². The maximum absolute atomic E-state index is 13.3. The number of hydrogen-bond acceptors (Lipinski definition) is 2. The van der Waals surface area contributed by atoms with Crippen LogP contribution in [0, 0.1) is 5.82 Å². The van der Waals surface area contributed by atoms with E-state index in [-0.39, 0.29) is 11.3 Å². The second kappa shape index (κ2) is 6.38. The first-order valence-electron chi connectivity index (χ1n) is 5.69. The molecule has 88 valence electrons. The first-order valence-corrected chi connectivity index (χ1v) is 5.69. The highest BCUT2D eigenvalue weighted by Crippen LogP contribution is 2.08. The molecule has 0 aliphatic heterocycles. The fraction of sp³-hybridized carbons (Fsp3) is 0.462. The van der Waals surface area contributed by atoms with Gasteiger partial charge in [0.2, 0.25) is 0 Å². The lowest BCUT2D eigenvalue weighted by atomic mass is 10.1. The second-order valence-electron chi connectivity index (χ2n) is 3.77. The van der Waals surface area contributed by atoms with Crippen LogP contribution in [-0.2, 0) is 0 Å². The van der Waals surface area contributed by atoms with Gasteiger partial charge < -0.3 is 0 Å². The van der Waals surface area contributed by atoms with E-state index in [9.17, 15) is 9.18 Å². The average molecular weight is 223 g/mol. The quantitative estimate of drug-likeness (QED) is 0.691. The maximum atomic E-state index is 13.3. The number of carbonyl (C=O) groups is 1. The number of rotatable bonds is 6. The van der Waals surface area contributed by atoms with E-state index in [1.165, 1.54) is 12.1 Å². The van der Waals surface area contributed by atoms with Gasteiger partial charge in [-0.3, -0.25) is 9.69 Å². The predicted molar refractivity (Wildman–Crippen MR) is 63.1 cm³/mol. The summed E-state index contributed by atoms with van der Waals surface area (Å²) in [7, 11) is 0. The van der Waals surface area contributed by atoms with Crippen LogP contribution >= 0.6 is 0 Å². The molecule has 3 heteroatoms. The van der Waals surface area contributed by atoms with Crippen LogP contribution in [-0.4, -0.2) is 30.3 Å². The molecule has 0 aliphatic carbocycles. The van der Waals surface area contributed by atoms with Crippen molar-refractivity contribution in [2.75, 3.05) is 19.6 Å². The van der Waals surface area contributed by atoms with Gasteiger partial charge in [-0.1, -0.05) is 26.0 Å². The lowest BCUT2D eigenvalue weighted by Gasteiger charge is -2.18. The Hall–Kier alpha value is -1.22. The SMILES string of the molecule is CCCN(CC)CC(=O)c1ccccc1F. The third kappa shape index (κ3) is 3.42. The zero-order valence-corrected chi connectivity index (χ0v) is 9.87. The summed E-state index contributed by atoms with van der Waals surface area (Å²) >= 11 is 0. The zero-order valence-electron chi connectivity index (χ0n) is 9.87. The number of nitrogens with zero attached hydrogens (tertiary/aromatic N) is 1. The standard InChI is InChI=1S/C13H18FNO/c1-3-9-15(4-2)10-13(16)11-7-5-6-8-12(11)14/h5-8H,3-4,9-10H2,1-2H3. The maximum Gasteiger partial charge on any atom is 0.179 e. The normalized spacial score (nSPS) is 10.8. The minimum atomic E-state index is -0.431. The first kappa shape index (κ1) is 12.8. The highest BCUT2D eigenvalue weighted by atomic mass is 19.1. The number of hydrogen-bond donors (Lipinski definition) is 0. The molecule has 0 heterocycles. The second-order valence-corrected chi connectivity index (χ2v) is 3.77. The van der Waals surface area contributed by atoms with Gasteiger partial charge in [-0.15, -0.1) is 0 Å². The molecule has 0 saturated heterocycles. The minimum Gasteiger partial charge on any atom is -0.296 e. The molecule has 0 bridgehead atoms. The van der Waals surface area contributed by atoms with Crippen molar-refractivity contribution < 1.29 is 9.18 Å². The molecule has 0 atom stereocenters. The fourth-order valence-corrected chi connectivity index (χ4v) is 1.64. The molecular formula is C13H18FNO. The van der Waals surface area contributed by atoms with Crippen LogP contribution in [0.5, 0.6) is 0 Å². The summed E-state index contributed by atoms with van der Waals surface area (Å²) in [6, 6.07) is 6.14. The Bertz CT molecular complexity index is 352. The first-order chi connectivity index (χ1) is 7.69. The molecule has 0 aromatic heterocycles. The Morgan fingerprint density at radius 3 is 2.56 bits per heavy atom. The van der Waals surface area contributed by atoms with Gasteiger partial charge in [0.05, 0.1) is 12.1 Å². The third-order valence-electron chi connectivity index (χ3n) is 2.53. The van der Waals surface area contributed by atoms with Crippen LogP contribution in [0.25, 0.3) is 0 Å². The lowest BCUT2D eigenvalue weighted by Crippen LogP contribution is -2.30. The monoisotopic (exact) mass is 223 g/mol.